The van der Waals surface area contributed by atoms with E-state index in [4.69, 9.17) is 4.74 Å². The van der Waals surface area contributed by atoms with Crippen molar-refractivity contribution >= 4 is 11.8 Å². The molecule has 2 amide bonds. The summed E-state index contributed by atoms with van der Waals surface area (Å²) < 4.78 is 7.22. The number of aryl methyl sites for hydroxylation is 1. The molecule has 2 rings (SSSR count). The predicted molar refractivity (Wildman–Crippen MR) is 124 cm³/mol. The lowest BCUT2D eigenvalue weighted by molar-refractivity contribution is -0.141. The first-order valence-corrected chi connectivity index (χ1v) is 11.1. The number of unbranched alkanes of at least 4 members (excludes halogenated alkanes) is 1. The van der Waals surface area contributed by atoms with E-state index in [0.29, 0.717) is 25.6 Å². The number of aromatic nitrogens is 1. The Morgan fingerprint density at radius 3 is 2.32 bits per heavy atom. The van der Waals surface area contributed by atoms with Crippen LogP contribution in [-0.4, -0.2) is 52.9 Å². The smallest absolute Gasteiger partial charge is 0.242 e. The molecule has 0 spiro atoms. The Kier molecular flexibility index (Phi) is 9.63. The van der Waals surface area contributed by atoms with Crippen LogP contribution in [0.15, 0.2) is 42.6 Å². The van der Waals surface area contributed by atoms with Gasteiger partial charge in [-0.15, -0.1) is 0 Å². The molecule has 0 atom stereocenters. The van der Waals surface area contributed by atoms with Crippen molar-refractivity contribution in [3.05, 3.63) is 53.9 Å². The van der Waals surface area contributed by atoms with Crippen LogP contribution < -0.4 is 4.74 Å². The molecule has 0 bridgehead atoms. The van der Waals surface area contributed by atoms with Crippen molar-refractivity contribution in [2.45, 2.75) is 46.6 Å². The normalized spacial score (nSPS) is 10.9. The third kappa shape index (κ3) is 7.78. The Bertz CT molecular complexity index is 827. The fourth-order valence-corrected chi connectivity index (χ4v) is 3.49. The fourth-order valence-electron chi connectivity index (χ4n) is 3.49. The molecule has 1 aromatic heterocycles. The van der Waals surface area contributed by atoms with Crippen LogP contribution in [0.5, 0.6) is 5.75 Å². The lowest BCUT2D eigenvalue weighted by Crippen LogP contribution is -2.44. The first-order chi connectivity index (χ1) is 14.8. The van der Waals surface area contributed by atoms with E-state index in [1.165, 1.54) is 0 Å². The monoisotopic (exact) mass is 427 g/mol. The minimum Gasteiger partial charge on any atom is -0.497 e. The second kappa shape index (κ2) is 12.2. The number of methoxy groups -OCH3 is 1. The average molecular weight is 428 g/mol. The van der Waals surface area contributed by atoms with Crippen LogP contribution in [0.2, 0.25) is 0 Å². The maximum Gasteiger partial charge on any atom is 0.242 e. The second-order valence-electron chi connectivity index (χ2n) is 8.47. The van der Waals surface area contributed by atoms with Crippen LogP contribution in [0.4, 0.5) is 0 Å². The third-order valence-corrected chi connectivity index (χ3v) is 5.32. The van der Waals surface area contributed by atoms with E-state index in [0.717, 1.165) is 29.8 Å². The molecule has 0 radical (unpaired) electrons. The molecule has 170 valence electrons. The zero-order valence-electron chi connectivity index (χ0n) is 19.6. The summed E-state index contributed by atoms with van der Waals surface area (Å²) >= 11 is 0. The van der Waals surface area contributed by atoms with Crippen molar-refractivity contribution in [3.63, 3.8) is 0 Å². The van der Waals surface area contributed by atoms with Gasteiger partial charge in [0.2, 0.25) is 11.8 Å². The zero-order valence-corrected chi connectivity index (χ0v) is 19.6. The van der Waals surface area contributed by atoms with E-state index in [-0.39, 0.29) is 24.8 Å². The van der Waals surface area contributed by atoms with Crippen LogP contribution in [0.1, 0.15) is 44.9 Å². The van der Waals surface area contributed by atoms with Gasteiger partial charge in [0.05, 0.1) is 26.6 Å². The van der Waals surface area contributed by atoms with Gasteiger partial charge in [-0.1, -0.05) is 39.3 Å². The van der Waals surface area contributed by atoms with Gasteiger partial charge in [0.15, 0.2) is 0 Å². The topological polar surface area (TPSA) is 54.8 Å². The molecule has 2 aromatic rings. The van der Waals surface area contributed by atoms with Crippen LogP contribution in [-0.2, 0) is 29.6 Å². The summed E-state index contributed by atoms with van der Waals surface area (Å²) in [5.41, 5.74) is 2.00. The molecule has 0 aliphatic heterocycles. The number of carbonyl (C=O) groups excluding carboxylic acids is 2. The van der Waals surface area contributed by atoms with Crippen molar-refractivity contribution < 1.29 is 14.3 Å². The third-order valence-electron chi connectivity index (χ3n) is 5.32. The lowest BCUT2D eigenvalue weighted by atomic mass is 10.1. The quantitative estimate of drug-likeness (QED) is 0.516. The van der Waals surface area contributed by atoms with Gasteiger partial charge in [0, 0.05) is 32.0 Å². The molecule has 0 saturated carbocycles. The molecule has 0 fully saturated rings. The summed E-state index contributed by atoms with van der Waals surface area (Å²) in [5.74, 6) is 1.09. The average Bonchev–Trinajstić information content (AvgIpc) is 3.15. The van der Waals surface area contributed by atoms with Gasteiger partial charge in [0.1, 0.15) is 5.75 Å². The first kappa shape index (κ1) is 24.5. The lowest BCUT2D eigenvalue weighted by Gasteiger charge is -2.29. The second-order valence-corrected chi connectivity index (χ2v) is 8.47. The van der Waals surface area contributed by atoms with Crippen molar-refractivity contribution in [1.29, 1.82) is 0 Å². The Morgan fingerprint density at radius 1 is 1.06 bits per heavy atom. The van der Waals surface area contributed by atoms with E-state index in [1.54, 1.807) is 12.0 Å². The standard InChI is InChI=1S/C25H37N3O3/c1-6-7-15-27(24(29)16-21-10-12-23(31-5)13-11-21)19-25(30)28(17-20(2)3)18-22-9-8-14-26(22)4/h8-14,20H,6-7,15-19H2,1-5H3. The molecule has 1 heterocycles. The summed E-state index contributed by atoms with van der Waals surface area (Å²) in [5, 5.41) is 0. The SMILES string of the molecule is CCCCN(CC(=O)N(Cc1cccn1C)CC(C)C)C(=O)Cc1ccc(OC)cc1. The van der Waals surface area contributed by atoms with E-state index in [1.807, 2.05) is 59.1 Å². The van der Waals surface area contributed by atoms with Crippen LogP contribution in [0.3, 0.4) is 0 Å². The van der Waals surface area contributed by atoms with Gasteiger partial charge in [-0.25, -0.2) is 0 Å². The summed E-state index contributed by atoms with van der Waals surface area (Å²) in [4.78, 5) is 29.9. The molecule has 0 aliphatic rings. The number of amides is 2. The number of ether oxygens (including phenoxy) is 1. The van der Waals surface area contributed by atoms with Gasteiger partial charge >= 0.3 is 0 Å². The van der Waals surface area contributed by atoms with E-state index in [9.17, 15) is 9.59 Å². The number of carbonyl (C=O) groups is 2. The summed E-state index contributed by atoms with van der Waals surface area (Å²) in [6.07, 6.45) is 4.12. The van der Waals surface area contributed by atoms with Crippen molar-refractivity contribution in [1.82, 2.24) is 14.4 Å². The highest BCUT2D eigenvalue weighted by atomic mass is 16.5. The highest BCUT2D eigenvalue weighted by molar-refractivity contribution is 5.86. The minimum absolute atomic E-state index is 0.00548. The number of hydrogen-bond donors (Lipinski definition) is 0. The number of nitrogens with zero attached hydrogens (tertiary/aromatic N) is 3. The predicted octanol–water partition coefficient (Wildman–Crippen LogP) is 3.89. The molecule has 0 saturated heterocycles. The van der Waals surface area contributed by atoms with Crippen molar-refractivity contribution in [2.24, 2.45) is 13.0 Å². The van der Waals surface area contributed by atoms with Crippen LogP contribution in [0.25, 0.3) is 0 Å². The van der Waals surface area contributed by atoms with Gasteiger partial charge in [0.25, 0.3) is 0 Å². The Balaban J connectivity index is 2.10. The van der Waals surface area contributed by atoms with E-state index in [2.05, 4.69) is 20.8 Å². The molecular weight excluding hydrogens is 390 g/mol. The highest BCUT2D eigenvalue weighted by Gasteiger charge is 2.22. The molecule has 0 N–H and O–H groups in total. The van der Waals surface area contributed by atoms with Gasteiger partial charge in [-0.3, -0.25) is 9.59 Å². The van der Waals surface area contributed by atoms with Crippen LogP contribution in [0, 0.1) is 5.92 Å². The maximum atomic E-state index is 13.2. The molecule has 0 unspecified atom stereocenters. The number of hydrogen-bond acceptors (Lipinski definition) is 3. The Morgan fingerprint density at radius 2 is 1.77 bits per heavy atom. The van der Waals surface area contributed by atoms with Gasteiger partial charge < -0.3 is 19.1 Å². The molecule has 0 aliphatic carbocycles. The summed E-state index contributed by atoms with van der Waals surface area (Å²) in [7, 11) is 3.61. The number of benzene rings is 1. The largest absolute Gasteiger partial charge is 0.497 e. The minimum atomic E-state index is -0.0182. The van der Waals surface area contributed by atoms with E-state index < -0.39 is 0 Å². The highest BCUT2D eigenvalue weighted by Crippen LogP contribution is 2.14. The molecule has 6 heteroatoms. The Labute approximate surface area is 186 Å². The molecule has 6 nitrogen and oxygen atoms in total. The van der Waals surface area contributed by atoms with Gasteiger partial charge in [-0.05, 0) is 42.2 Å². The maximum absolute atomic E-state index is 13.2. The molecule has 1 aromatic carbocycles. The first-order valence-electron chi connectivity index (χ1n) is 11.1. The van der Waals surface area contributed by atoms with E-state index >= 15 is 0 Å². The summed E-state index contributed by atoms with van der Waals surface area (Å²) in [6.45, 7) is 8.23. The van der Waals surface area contributed by atoms with Crippen molar-refractivity contribution in [2.75, 3.05) is 26.7 Å². The number of rotatable bonds is 12. The Hall–Kier alpha value is -2.76. The van der Waals surface area contributed by atoms with Crippen LogP contribution >= 0.6 is 0 Å². The molecule has 31 heavy (non-hydrogen) atoms. The summed E-state index contributed by atoms with van der Waals surface area (Å²) in [6, 6.07) is 11.5. The molecular formula is C25H37N3O3. The fraction of sp³-hybridized carbons (Fsp3) is 0.520. The zero-order chi connectivity index (χ0) is 22.8. The van der Waals surface area contributed by atoms with Crippen molar-refractivity contribution in [3.8, 4) is 5.75 Å². The van der Waals surface area contributed by atoms with Gasteiger partial charge in [-0.2, -0.15) is 0 Å².